The molecule has 4 rings (SSSR count). The van der Waals surface area contributed by atoms with Crippen LogP contribution in [0.25, 0.3) is 33.2 Å². The molecule has 0 amide bonds. The summed E-state index contributed by atoms with van der Waals surface area (Å²) in [6.07, 6.45) is 0. The predicted molar refractivity (Wildman–Crippen MR) is 125 cm³/mol. The van der Waals surface area contributed by atoms with Gasteiger partial charge in [0.2, 0.25) is 0 Å². The van der Waals surface area contributed by atoms with Crippen LogP contribution in [0.5, 0.6) is 11.5 Å². The van der Waals surface area contributed by atoms with E-state index in [1.807, 2.05) is 48.5 Å². The summed E-state index contributed by atoms with van der Waals surface area (Å²) >= 11 is 0. The molecular formula is C25H24N4O2. The van der Waals surface area contributed by atoms with Gasteiger partial charge in [-0.25, -0.2) is 4.99 Å². The van der Waals surface area contributed by atoms with Crippen LogP contribution in [0.1, 0.15) is 5.69 Å². The van der Waals surface area contributed by atoms with Crippen LogP contribution in [-0.2, 0) is 6.54 Å². The minimum Gasteiger partial charge on any atom is -0.493 e. The van der Waals surface area contributed by atoms with Gasteiger partial charge in [-0.1, -0.05) is 48.5 Å². The van der Waals surface area contributed by atoms with Crippen LogP contribution in [0.2, 0.25) is 0 Å². The lowest BCUT2D eigenvalue weighted by molar-refractivity contribution is 0.356. The number of nitrogens with two attached hydrogens (primary N) is 2. The number of aromatic nitrogens is 1. The van der Waals surface area contributed by atoms with Crippen molar-refractivity contribution in [1.29, 1.82) is 0 Å². The molecular weight excluding hydrogens is 388 g/mol. The first kappa shape index (κ1) is 20.2. The maximum Gasteiger partial charge on any atom is 0.186 e. The third-order valence-corrected chi connectivity index (χ3v) is 5.09. The molecule has 0 radical (unpaired) electrons. The van der Waals surface area contributed by atoms with Crippen LogP contribution in [0.15, 0.2) is 77.8 Å². The lowest BCUT2D eigenvalue weighted by atomic mass is 9.99. The molecule has 0 atom stereocenters. The van der Waals surface area contributed by atoms with Gasteiger partial charge in [-0.2, -0.15) is 0 Å². The molecule has 6 heteroatoms. The van der Waals surface area contributed by atoms with Gasteiger partial charge in [0.1, 0.15) is 0 Å². The zero-order valence-electron chi connectivity index (χ0n) is 17.5. The van der Waals surface area contributed by atoms with Crippen molar-refractivity contribution >= 4 is 16.7 Å². The summed E-state index contributed by atoms with van der Waals surface area (Å²) in [4.78, 5) is 9.07. The Kier molecular flexibility index (Phi) is 5.71. The number of methoxy groups -OCH3 is 2. The van der Waals surface area contributed by atoms with Crippen molar-refractivity contribution in [3.05, 3.63) is 78.5 Å². The molecule has 0 saturated heterocycles. The van der Waals surface area contributed by atoms with Gasteiger partial charge in [0.05, 0.1) is 32.2 Å². The number of fused-ring (bicyclic) bond motifs is 1. The minimum atomic E-state index is 0.0203. The van der Waals surface area contributed by atoms with Crippen LogP contribution < -0.4 is 20.9 Å². The van der Waals surface area contributed by atoms with E-state index in [0.29, 0.717) is 11.5 Å². The Balaban J connectivity index is 1.89. The number of rotatable bonds is 6. The molecule has 4 N–H and O–H groups in total. The first-order chi connectivity index (χ1) is 15.1. The molecule has 0 aliphatic carbocycles. The van der Waals surface area contributed by atoms with Crippen LogP contribution in [0.4, 0.5) is 0 Å². The molecule has 0 saturated carbocycles. The SMILES string of the molecule is COc1cc2cc(-c3cccc(-c4ccccc4)c3)nc(CN=C(N)N)c2cc1OC. The summed E-state index contributed by atoms with van der Waals surface area (Å²) in [5.41, 5.74) is 16.0. The normalized spacial score (nSPS) is 10.6. The molecule has 6 nitrogen and oxygen atoms in total. The summed E-state index contributed by atoms with van der Waals surface area (Å²) in [7, 11) is 3.23. The maximum absolute atomic E-state index is 5.57. The van der Waals surface area contributed by atoms with E-state index in [2.05, 4.69) is 29.3 Å². The zero-order valence-corrected chi connectivity index (χ0v) is 17.5. The van der Waals surface area contributed by atoms with Gasteiger partial charge in [-0.3, -0.25) is 4.98 Å². The molecule has 31 heavy (non-hydrogen) atoms. The van der Waals surface area contributed by atoms with Crippen LogP contribution in [0.3, 0.4) is 0 Å². The monoisotopic (exact) mass is 412 g/mol. The second kappa shape index (κ2) is 8.75. The molecule has 156 valence electrons. The fourth-order valence-corrected chi connectivity index (χ4v) is 3.57. The number of guanidine groups is 1. The van der Waals surface area contributed by atoms with Crippen LogP contribution >= 0.6 is 0 Å². The first-order valence-corrected chi connectivity index (χ1v) is 9.86. The average Bonchev–Trinajstić information content (AvgIpc) is 2.82. The van der Waals surface area contributed by atoms with Gasteiger partial charge < -0.3 is 20.9 Å². The highest BCUT2D eigenvalue weighted by molar-refractivity contribution is 5.91. The predicted octanol–water partition coefficient (Wildman–Crippen LogP) is 4.36. The van der Waals surface area contributed by atoms with Gasteiger partial charge in [0.15, 0.2) is 17.5 Å². The largest absolute Gasteiger partial charge is 0.493 e. The first-order valence-electron chi connectivity index (χ1n) is 9.86. The van der Waals surface area contributed by atoms with Crippen molar-refractivity contribution < 1.29 is 9.47 Å². The molecule has 0 unspecified atom stereocenters. The standard InChI is InChI=1S/C25H24N4O2/c1-30-23-13-19-12-21(18-10-6-9-17(11-18)16-7-4-3-5-8-16)29-22(15-28-25(26)27)20(19)14-24(23)31-2/h3-14H,15H2,1-2H3,(H4,26,27,28). The number of hydrogen-bond donors (Lipinski definition) is 2. The summed E-state index contributed by atoms with van der Waals surface area (Å²) in [5.74, 6) is 1.30. The summed E-state index contributed by atoms with van der Waals surface area (Å²) in [6.45, 7) is 0.264. The van der Waals surface area contributed by atoms with Crippen LogP contribution in [-0.4, -0.2) is 25.2 Å². The highest BCUT2D eigenvalue weighted by Gasteiger charge is 2.13. The molecule has 1 heterocycles. The molecule has 0 fully saturated rings. The highest BCUT2D eigenvalue weighted by atomic mass is 16.5. The number of ether oxygens (including phenoxy) is 2. The Labute approximate surface area is 181 Å². The maximum atomic E-state index is 5.57. The van der Waals surface area contributed by atoms with Gasteiger partial charge >= 0.3 is 0 Å². The Morgan fingerprint density at radius 3 is 2.19 bits per heavy atom. The molecule has 4 aromatic rings. The van der Waals surface area contributed by atoms with Crippen molar-refractivity contribution in [2.75, 3.05) is 14.2 Å². The zero-order chi connectivity index (χ0) is 21.8. The molecule has 0 bridgehead atoms. The highest BCUT2D eigenvalue weighted by Crippen LogP contribution is 2.36. The number of pyridine rings is 1. The van der Waals surface area contributed by atoms with Gasteiger partial charge in [0.25, 0.3) is 0 Å². The van der Waals surface area contributed by atoms with Crippen LogP contribution in [0, 0.1) is 0 Å². The molecule has 3 aromatic carbocycles. The lowest BCUT2D eigenvalue weighted by Crippen LogP contribution is -2.22. The van der Waals surface area contributed by atoms with Gasteiger partial charge in [-0.15, -0.1) is 0 Å². The quantitative estimate of drug-likeness (QED) is 0.362. The third kappa shape index (κ3) is 4.28. The molecule has 1 aromatic heterocycles. The van der Waals surface area contributed by atoms with E-state index in [4.69, 9.17) is 25.9 Å². The topological polar surface area (TPSA) is 95.8 Å². The van der Waals surface area contributed by atoms with E-state index < -0.39 is 0 Å². The molecule has 0 spiro atoms. The smallest absolute Gasteiger partial charge is 0.186 e. The fraction of sp³-hybridized carbons (Fsp3) is 0.120. The number of aliphatic imine (C=N–C) groups is 1. The number of hydrogen-bond acceptors (Lipinski definition) is 4. The van der Waals surface area contributed by atoms with E-state index in [1.54, 1.807) is 14.2 Å². The number of nitrogens with zero attached hydrogens (tertiary/aromatic N) is 2. The van der Waals surface area contributed by atoms with E-state index in [9.17, 15) is 0 Å². The molecule has 0 aliphatic rings. The van der Waals surface area contributed by atoms with Gasteiger partial charge in [0, 0.05) is 10.9 Å². The van der Waals surface area contributed by atoms with E-state index in [-0.39, 0.29) is 12.5 Å². The second-order valence-electron chi connectivity index (χ2n) is 7.07. The summed E-state index contributed by atoms with van der Waals surface area (Å²) < 4.78 is 11.0. The Morgan fingerprint density at radius 1 is 0.806 bits per heavy atom. The average molecular weight is 412 g/mol. The fourth-order valence-electron chi connectivity index (χ4n) is 3.57. The van der Waals surface area contributed by atoms with E-state index >= 15 is 0 Å². The Hall–Kier alpha value is -4.06. The lowest BCUT2D eigenvalue weighted by Gasteiger charge is -2.13. The Bertz CT molecular complexity index is 1250. The van der Waals surface area contributed by atoms with Crippen molar-refractivity contribution in [3.8, 4) is 33.9 Å². The van der Waals surface area contributed by atoms with Gasteiger partial charge in [-0.05, 0) is 40.8 Å². The van der Waals surface area contributed by atoms with E-state index in [1.165, 1.54) is 0 Å². The molecule has 0 aliphatic heterocycles. The van der Waals surface area contributed by atoms with Crippen molar-refractivity contribution in [1.82, 2.24) is 4.98 Å². The minimum absolute atomic E-state index is 0.0203. The Morgan fingerprint density at radius 2 is 1.48 bits per heavy atom. The third-order valence-electron chi connectivity index (χ3n) is 5.09. The summed E-state index contributed by atoms with van der Waals surface area (Å²) in [6, 6.07) is 24.5. The van der Waals surface area contributed by atoms with Crippen molar-refractivity contribution in [2.45, 2.75) is 6.54 Å². The second-order valence-corrected chi connectivity index (χ2v) is 7.07. The van der Waals surface area contributed by atoms with E-state index in [0.717, 1.165) is 38.9 Å². The van der Waals surface area contributed by atoms with Crippen molar-refractivity contribution in [3.63, 3.8) is 0 Å². The number of benzene rings is 3. The summed E-state index contributed by atoms with van der Waals surface area (Å²) in [5, 5.41) is 1.87. The van der Waals surface area contributed by atoms with Crippen molar-refractivity contribution in [2.24, 2.45) is 16.5 Å².